The van der Waals surface area contributed by atoms with Gasteiger partial charge in [0.2, 0.25) is 0 Å². The average molecular weight is 311 g/mol. The number of imidazole rings is 1. The zero-order valence-electron chi connectivity index (χ0n) is 10.9. The van der Waals surface area contributed by atoms with Crippen LogP contribution in [0.25, 0.3) is 11.2 Å². The first-order valence-corrected chi connectivity index (χ1v) is 7.95. The summed E-state index contributed by atoms with van der Waals surface area (Å²) in [5, 5.41) is 0. The SMILES string of the molecule is Nc1ncnc2c1ncn2C1CC[C@@H](/C=C/P(=O)(O)O)O1. The van der Waals surface area contributed by atoms with Gasteiger partial charge < -0.3 is 20.3 Å². The van der Waals surface area contributed by atoms with E-state index in [0.29, 0.717) is 29.8 Å². The Hall–Kier alpha value is -1.80. The third kappa shape index (κ3) is 2.96. The number of aromatic nitrogens is 4. The number of rotatable bonds is 3. The number of nitrogens with zero attached hydrogens (tertiary/aromatic N) is 4. The highest BCUT2D eigenvalue weighted by Gasteiger charge is 2.27. The van der Waals surface area contributed by atoms with Crippen LogP contribution in [0.2, 0.25) is 0 Å². The fraction of sp³-hybridized carbons (Fsp3) is 0.364. The van der Waals surface area contributed by atoms with Crippen molar-refractivity contribution in [2.45, 2.75) is 25.2 Å². The van der Waals surface area contributed by atoms with Crippen LogP contribution < -0.4 is 5.73 Å². The van der Waals surface area contributed by atoms with Crippen molar-refractivity contribution in [2.24, 2.45) is 0 Å². The Morgan fingerprint density at radius 3 is 2.95 bits per heavy atom. The predicted octanol–water partition coefficient (Wildman–Crippen LogP) is 0.777. The summed E-state index contributed by atoms with van der Waals surface area (Å²) in [5.41, 5.74) is 6.81. The van der Waals surface area contributed by atoms with Gasteiger partial charge in [0.05, 0.1) is 12.4 Å². The van der Waals surface area contributed by atoms with Crippen molar-refractivity contribution in [3.8, 4) is 0 Å². The van der Waals surface area contributed by atoms with Crippen molar-refractivity contribution in [3.05, 3.63) is 24.5 Å². The van der Waals surface area contributed by atoms with Gasteiger partial charge in [0.25, 0.3) is 0 Å². The van der Waals surface area contributed by atoms with Crippen molar-refractivity contribution >= 4 is 24.6 Å². The molecule has 2 atom stereocenters. The first kappa shape index (κ1) is 14.2. The Balaban J connectivity index is 1.81. The van der Waals surface area contributed by atoms with Crippen molar-refractivity contribution < 1.29 is 19.1 Å². The van der Waals surface area contributed by atoms with E-state index in [1.54, 1.807) is 10.9 Å². The summed E-state index contributed by atoms with van der Waals surface area (Å²) >= 11 is 0. The molecule has 0 aromatic carbocycles. The summed E-state index contributed by atoms with van der Waals surface area (Å²) in [4.78, 5) is 29.8. The summed E-state index contributed by atoms with van der Waals surface area (Å²) in [6.45, 7) is 0. The molecule has 10 heteroatoms. The summed E-state index contributed by atoms with van der Waals surface area (Å²) < 4.78 is 18.3. The van der Waals surface area contributed by atoms with Crippen LogP contribution in [-0.4, -0.2) is 35.4 Å². The molecule has 0 amide bonds. The van der Waals surface area contributed by atoms with Crippen molar-refractivity contribution in [2.75, 3.05) is 5.73 Å². The number of nitrogens with two attached hydrogens (primary N) is 1. The second kappa shape index (κ2) is 5.19. The third-order valence-electron chi connectivity index (χ3n) is 3.22. The predicted molar refractivity (Wildman–Crippen MR) is 74.1 cm³/mol. The molecule has 1 saturated heterocycles. The zero-order chi connectivity index (χ0) is 15.0. The number of anilines is 1. The smallest absolute Gasteiger partial charge is 0.348 e. The molecule has 3 heterocycles. The number of ether oxygens (including phenoxy) is 1. The van der Waals surface area contributed by atoms with Gasteiger partial charge in [-0.2, -0.15) is 0 Å². The van der Waals surface area contributed by atoms with Gasteiger partial charge in [-0.3, -0.25) is 9.13 Å². The maximum Gasteiger partial charge on any atom is 0.348 e. The minimum atomic E-state index is -4.16. The van der Waals surface area contributed by atoms with Crippen molar-refractivity contribution in [1.82, 2.24) is 19.5 Å². The Morgan fingerprint density at radius 1 is 1.38 bits per heavy atom. The van der Waals surface area contributed by atoms with Gasteiger partial charge in [0.15, 0.2) is 11.5 Å². The summed E-state index contributed by atoms with van der Waals surface area (Å²) in [7, 11) is -4.16. The van der Waals surface area contributed by atoms with Gasteiger partial charge >= 0.3 is 7.60 Å². The van der Waals surface area contributed by atoms with Crippen LogP contribution in [0.15, 0.2) is 24.5 Å². The standard InChI is InChI=1S/C11H14N5O4P/c12-10-9-11(14-5-13-10)16(6-15-9)8-2-1-7(20-8)3-4-21(17,18)19/h3-8H,1-2H2,(H2,12,13,14)(H2,17,18,19)/b4-3+/t7-,8?/m0/s1. The minimum absolute atomic E-state index is 0.296. The molecule has 1 aliphatic heterocycles. The lowest BCUT2D eigenvalue weighted by molar-refractivity contribution is 0.0259. The third-order valence-corrected chi connectivity index (χ3v) is 3.78. The number of hydrogen-bond donors (Lipinski definition) is 3. The molecule has 4 N–H and O–H groups in total. The lowest BCUT2D eigenvalue weighted by Crippen LogP contribution is -2.09. The van der Waals surface area contributed by atoms with Gasteiger partial charge in [-0.1, -0.05) is 0 Å². The highest BCUT2D eigenvalue weighted by atomic mass is 31.2. The maximum atomic E-state index is 10.8. The Labute approximate surface area is 119 Å². The summed E-state index contributed by atoms with van der Waals surface area (Å²) in [6, 6.07) is 0. The molecule has 3 rings (SSSR count). The molecule has 1 aliphatic rings. The molecule has 0 saturated carbocycles. The van der Waals surface area contributed by atoms with E-state index >= 15 is 0 Å². The van der Waals surface area contributed by atoms with E-state index in [2.05, 4.69) is 15.0 Å². The van der Waals surface area contributed by atoms with E-state index in [1.807, 2.05) is 0 Å². The topological polar surface area (TPSA) is 136 Å². The van der Waals surface area contributed by atoms with Crippen LogP contribution in [0.4, 0.5) is 5.82 Å². The van der Waals surface area contributed by atoms with Crippen LogP contribution in [0, 0.1) is 0 Å². The minimum Gasteiger partial charge on any atom is -0.382 e. The van der Waals surface area contributed by atoms with Gasteiger partial charge in [-0.15, -0.1) is 0 Å². The fourth-order valence-electron chi connectivity index (χ4n) is 2.28. The van der Waals surface area contributed by atoms with Gasteiger partial charge in [0.1, 0.15) is 18.1 Å². The number of hydrogen-bond acceptors (Lipinski definition) is 6. The van der Waals surface area contributed by atoms with Crippen molar-refractivity contribution in [3.63, 3.8) is 0 Å². The van der Waals surface area contributed by atoms with E-state index in [1.165, 1.54) is 12.4 Å². The van der Waals surface area contributed by atoms with E-state index in [-0.39, 0.29) is 12.3 Å². The highest BCUT2D eigenvalue weighted by Crippen LogP contribution is 2.38. The summed E-state index contributed by atoms with van der Waals surface area (Å²) in [5.74, 6) is 1.17. The Kier molecular flexibility index (Phi) is 3.50. The van der Waals surface area contributed by atoms with Crippen LogP contribution >= 0.6 is 7.60 Å². The molecule has 2 aromatic rings. The molecule has 21 heavy (non-hydrogen) atoms. The monoisotopic (exact) mass is 311 g/mol. The lowest BCUT2D eigenvalue weighted by Gasteiger charge is -2.13. The Morgan fingerprint density at radius 2 is 2.19 bits per heavy atom. The molecule has 0 radical (unpaired) electrons. The van der Waals surface area contributed by atoms with E-state index < -0.39 is 7.60 Å². The van der Waals surface area contributed by atoms with E-state index in [0.717, 1.165) is 5.82 Å². The largest absolute Gasteiger partial charge is 0.382 e. The van der Waals surface area contributed by atoms with Crippen LogP contribution in [0.3, 0.4) is 0 Å². The molecule has 112 valence electrons. The normalized spacial score (nSPS) is 23.3. The average Bonchev–Trinajstić information content (AvgIpc) is 3.02. The van der Waals surface area contributed by atoms with Crippen LogP contribution in [0.5, 0.6) is 0 Å². The number of nitrogen functional groups attached to an aromatic ring is 1. The van der Waals surface area contributed by atoms with Gasteiger partial charge in [-0.05, 0) is 18.9 Å². The molecule has 0 spiro atoms. The maximum absolute atomic E-state index is 10.8. The highest BCUT2D eigenvalue weighted by molar-refractivity contribution is 7.55. The van der Waals surface area contributed by atoms with Crippen LogP contribution in [-0.2, 0) is 9.30 Å². The fourth-order valence-corrected chi connectivity index (χ4v) is 2.70. The quantitative estimate of drug-likeness (QED) is 0.707. The zero-order valence-corrected chi connectivity index (χ0v) is 11.8. The Bertz CT molecular complexity index is 739. The van der Waals surface area contributed by atoms with E-state index in [9.17, 15) is 4.57 Å². The molecular weight excluding hydrogens is 297 g/mol. The van der Waals surface area contributed by atoms with Crippen LogP contribution in [0.1, 0.15) is 19.1 Å². The molecule has 0 bridgehead atoms. The number of fused-ring (bicyclic) bond motifs is 1. The second-order valence-electron chi connectivity index (χ2n) is 4.72. The molecule has 1 unspecified atom stereocenters. The molecule has 1 fully saturated rings. The first-order chi connectivity index (χ1) is 9.94. The van der Waals surface area contributed by atoms with Crippen molar-refractivity contribution in [1.29, 1.82) is 0 Å². The van der Waals surface area contributed by atoms with E-state index in [4.69, 9.17) is 20.3 Å². The molecular formula is C11H14N5O4P. The van der Waals surface area contributed by atoms with Gasteiger partial charge in [-0.25, -0.2) is 15.0 Å². The van der Waals surface area contributed by atoms with Gasteiger partial charge in [0, 0.05) is 5.82 Å². The molecule has 0 aliphatic carbocycles. The summed E-state index contributed by atoms with van der Waals surface area (Å²) in [6.07, 6.45) is 5.02. The molecule has 9 nitrogen and oxygen atoms in total. The molecule has 2 aromatic heterocycles. The second-order valence-corrected chi connectivity index (χ2v) is 6.20. The first-order valence-electron chi connectivity index (χ1n) is 6.27. The lowest BCUT2D eigenvalue weighted by atomic mass is 10.2.